The first-order chi connectivity index (χ1) is 10.2. The third-order valence-corrected chi connectivity index (χ3v) is 3.92. The van der Waals surface area contributed by atoms with E-state index in [1.807, 2.05) is 31.2 Å². The molecule has 0 aliphatic carbocycles. The number of aryl methyl sites for hydroxylation is 1. The summed E-state index contributed by atoms with van der Waals surface area (Å²) in [5, 5.41) is 0. The van der Waals surface area contributed by atoms with E-state index in [2.05, 4.69) is 0 Å². The van der Waals surface area contributed by atoms with E-state index in [9.17, 15) is 13.6 Å². The molecular formula is C18H22F2O2. The summed E-state index contributed by atoms with van der Waals surface area (Å²) in [6.07, 6.45) is 5.57. The van der Waals surface area contributed by atoms with Crippen molar-refractivity contribution in [2.75, 3.05) is 7.11 Å². The summed E-state index contributed by atoms with van der Waals surface area (Å²) < 4.78 is 31.0. The topological polar surface area (TPSA) is 26.3 Å². The second-order valence-electron chi connectivity index (χ2n) is 5.75. The van der Waals surface area contributed by atoms with Crippen LogP contribution in [0.3, 0.4) is 0 Å². The number of hydrogen-bond acceptors (Lipinski definition) is 2. The van der Waals surface area contributed by atoms with Crippen molar-refractivity contribution in [3.63, 3.8) is 0 Å². The van der Waals surface area contributed by atoms with Crippen molar-refractivity contribution in [3.8, 4) is 12.3 Å². The van der Waals surface area contributed by atoms with Gasteiger partial charge in [0.05, 0.1) is 12.5 Å². The molecule has 0 radical (unpaired) electrons. The zero-order valence-corrected chi connectivity index (χ0v) is 13.3. The van der Waals surface area contributed by atoms with E-state index in [4.69, 9.17) is 11.2 Å². The van der Waals surface area contributed by atoms with Gasteiger partial charge in [0.15, 0.2) is 0 Å². The van der Waals surface area contributed by atoms with Crippen LogP contribution in [0.5, 0.6) is 0 Å². The van der Waals surface area contributed by atoms with E-state index < -0.39 is 11.3 Å². The lowest BCUT2D eigenvalue weighted by Gasteiger charge is -2.27. The number of methoxy groups -OCH3 is 1. The normalized spacial score (nSPS) is 14.0. The van der Waals surface area contributed by atoms with Gasteiger partial charge in [-0.15, -0.1) is 6.42 Å². The molecule has 22 heavy (non-hydrogen) atoms. The highest BCUT2D eigenvalue weighted by molar-refractivity contribution is 5.82. The van der Waals surface area contributed by atoms with Gasteiger partial charge in [-0.3, -0.25) is 4.79 Å². The van der Waals surface area contributed by atoms with Crippen LogP contribution in [-0.4, -0.2) is 19.0 Å². The SMILES string of the molecule is C#CC(F)(F)CCCCC(C)(C(=O)OC)c1cccc(C)c1. The van der Waals surface area contributed by atoms with Crippen molar-refractivity contribution in [2.24, 2.45) is 0 Å². The van der Waals surface area contributed by atoms with Crippen molar-refractivity contribution in [2.45, 2.75) is 50.9 Å². The first-order valence-corrected chi connectivity index (χ1v) is 7.26. The standard InChI is InChI=1S/C18H22F2O2/c1-5-18(19,20)12-7-6-11-17(3,16(21)22-4)15-10-8-9-14(2)13-15/h1,8-10,13H,6-7,11-12H2,2-4H3. The number of carbonyl (C=O) groups excluding carboxylic acids is 1. The quantitative estimate of drug-likeness (QED) is 0.427. The fourth-order valence-corrected chi connectivity index (χ4v) is 2.48. The highest BCUT2D eigenvalue weighted by Gasteiger charge is 2.36. The number of esters is 1. The van der Waals surface area contributed by atoms with Gasteiger partial charge in [0.1, 0.15) is 0 Å². The van der Waals surface area contributed by atoms with Gasteiger partial charge in [0, 0.05) is 6.42 Å². The lowest BCUT2D eigenvalue weighted by molar-refractivity contribution is -0.147. The molecule has 0 bridgehead atoms. The molecule has 4 heteroatoms. The number of rotatable bonds is 7. The maximum absolute atomic E-state index is 13.0. The third kappa shape index (κ3) is 4.56. The Balaban J connectivity index is 2.82. The van der Waals surface area contributed by atoms with Gasteiger partial charge in [0.2, 0.25) is 0 Å². The molecule has 1 aromatic rings. The Kier molecular flexibility index (Phi) is 6.11. The molecule has 0 amide bonds. The summed E-state index contributed by atoms with van der Waals surface area (Å²) in [7, 11) is 1.34. The Bertz CT molecular complexity index is 560. The summed E-state index contributed by atoms with van der Waals surface area (Å²) in [4.78, 5) is 12.2. The van der Waals surface area contributed by atoms with Crippen LogP contribution in [0.25, 0.3) is 0 Å². The molecule has 0 aliphatic rings. The molecule has 120 valence electrons. The summed E-state index contributed by atoms with van der Waals surface area (Å²) in [6.45, 7) is 3.72. The van der Waals surface area contributed by atoms with Gasteiger partial charge in [-0.1, -0.05) is 36.2 Å². The van der Waals surface area contributed by atoms with Crippen LogP contribution < -0.4 is 0 Å². The number of halogens is 2. The zero-order valence-electron chi connectivity index (χ0n) is 13.3. The number of benzene rings is 1. The van der Waals surface area contributed by atoms with Crippen LogP contribution in [0, 0.1) is 19.3 Å². The number of hydrogen-bond donors (Lipinski definition) is 0. The van der Waals surface area contributed by atoms with Gasteiger partial charge in [-0.2, -0.15) is 8.78 Å². The number of unbranched alkanes of at least 4 members (excludes halogenated alkanes) is 1. The monoisotopic (exact) mass is 308 g/mol. The van der Waals surface area contributed by atoms with Gasteiger partial charge in [-0.05, 0) is 38.2 Å². The second kappa shape index (κ2) is 7.40. The molecule has 0 spiro atoms. The molecule has 0 saturated carbocycles. The largest absolute Gasteiger partial charge is 0.468 e. The van der Waals surface area contributed by atoms with Gasteiger partial charge < -0.3 is 4.74 Å². The Morgan fingerprint density at radius 1 is 1.32 bits per heavy atom. The van der Waals surface area contributed by atoms with E-state index in [0.29, 0.717) is 12.8 Å². The highest BCUT2D eigenvalue weighted by atomic mass is 19.3. The fourth-order valence-electron chi connectivity index (χ4n) is 2.48. The molecule has 0 fully saturated rings. The number of terminal acetylenes is 1. The Hall–Kier alpha value is -1.89. The van der Waals surface area contributed by atoms with Crippen LogP contribution in [0.4, 0.5) is 8.78 Å². The smallest absolute Gasteiger partial charge is 0.315 e. The lowest BCUT2D eigenvalue weighted by atomic mass is 9.77. The number of carbonyl (C=O) groups is 1. The van der Waals surface area contributed by atoms with Crippen molar-refractivity contribution in [3.05, 3.63) is 35.4 Å². The van der Waals surface area contributed by atoms with E-state index in [0.717, 1.165) is 11.1 Å². The van der Waals surface area contributed by atoms with Crippen LogP contribution in [0.2, 0.25) is 0 Å². The number of ether oxygens (including phenoxy) is 1. The van der Waals surface area contributed by atoms with Crippen molar-refractivity contribution in [1.29, 1.82) is 0 Å². The molecule has 2 nitrogen and oxygen atoms in total. The molecule has 0 heterocycles. The summed E-state index contributed by atoms with van der Waals surface area (Å²) >= 11 is 0. The molecule has 1 unspecified atom stereocenters. The molecule has 0 aromatic heterocycles. The Morgan fingerprint density at radius 3 is 2.50 bits per heavy atom. The maximum atomic E-state index is 13.0. The van der Waals surface area contributed by atoms with Crippen molar-refractivity contribution < 1.29 is 18.3 Å². The van der Waals surface area contributed by atoms with Gasteiger partial charge in [-0.25, -0.2) is 0 Å². The molecule has 0 aliphatic heterocycles. The third-order valence-electron chi connectivity index (χ3n) is 3.92. The van der Waals surface area contributed by atoms with Gasteiger partial charge >= 0.3 is 11.9 Å². The van der Waals surface area contributed by atoms with Crippen LogP contribution >= 0.6 is 0 Å². The molecule has 0 saturated heterocycles. The molecule has 1 rings (SSSR count). The fraction of sp³-hybridized carbons (Fsp3) is 0.500. The molecular weight excluding hydrogens is 286 g/mol. The summed E-state index contributed by atoms with van der Waals surface area (Å²) in [5.74, 6) is -1.95. The first-order valence-electron chi connectivity index (χ1n) is 7.26. The molecule has 1 aromatic carbocycles. The predicted octanol–water partition coefficient (Wildman–Crippen LogP) is 4.25. The summed E-state index contributed by atoms with van der Waals surface area (Å²) in [5.41, 5.74) is 1.03. The maximum Gasteiger partial charge on any atom is 0.315 e. The average molecular weight is 308 g/mol. The molecule has 1 atom stereocenters. The van der Waals surface area contributed by atoms with E-state index >= 15 is 0 Å². The van der Waals surface area contributed by atoms with E-state index in [-0.39, 0.29) is 18.8 Å². The minimum Gasteiger partial charge on any atom is -0.468 e. The van der Waals surface area contributed by atoms with Crippen LogP contribution in [-0.2, 0) is 14.9 Å². The van der Waals surface area contributed by atoms with Gasteiger partial charge in [0.25, 0.3) is 0 Å². The zero-order chi connectivity index (χ0) is 16.8. The van der Waals surface area contributed by atoms with Crippen molar-refractivity contribution >= 4 is 5.97 Å². The lowest BCUT2D eigenvalue weighted by Crippen LogP contribution is -2.34. The minimum atomic E-state index is -3.08. The van der Waals surface area contributed by atoms with Crippen LogP contribution in [0.1, 0.15) is 43.7 Å². The van der Waals surface area contributed by atoms with E-state index in [1.165, 1.54) is 13.0 Å². The molecule has 0 N–H and O–H groups in total. The Morgan fingerprint density at radius 2 is 1.95 bits per heavy atom. The van der Waals surface area contributed by atoms with Crippen LogP contribution in [0.15, 0.2) is 24.3 Å². The first kappa shape index (κ1) is 18.2. The Labute approximate surface area is 130 Å². The van der Waals surface area contributed by atoms with Crippen molar-refractivity contribution in [1.82, 2.24) is 0 Å². The van der Waals surface area contributed by atoms with E-state index in [1.54, 1.807) is 6.92 Å². The summed E-state index contributed by atoms with van der Waals surface area (Å²) in [6, 6.07) is 7.60. The second-order valence-corrected chi connectivity index (χ2v) is 5.75. The predicted molar refractivity (Wildman–Crippen MR) is 82.8 cm³/mol. The number of alkyl halides is 2. The average Bonchev–Trinajstić information content (AvgIpc) is 2.50. The minimum absolute atomic E-state index is 0.260. The highest BCUT2D eigenvalue weighted by Crippen LogP contribution is 2.33.